The van der Waals surface area contributed by atoms with Gasteiger partial charge < -0.3 is 5.32 Å². The number of hydrogen-bond donors (Lipinski definition) is 2. The molecule has 0 saturated carbocycles. The van der Waals surface area contributed by atoms with E-state index in [4.69, 9.17) is 5.14 Å². The summed E-state index contributed by atoms with van der Waals surface area (Å²) in [6.45, 7) is 0. The third kappa shape index (κ3) is 4.17. The van der Waals surface area contributed by atoms with E-state index in [1.807, 2.05) is 6.07 Å². The Hall–Kier alpha value is -1.83. The van der Waals surface area contributed by atoms with Crippen LogP contribution in [-0.4, -0.2) is 20.1 Å². The first-order valence-electron chi connectivity index (χ1n) is 7.59. The van der Waals surface area contributed by atoms with Crippen molar-refractivity contribution in [3.8, 4) is 0 Å². The van der Waals surface area contributed by atoms with Crippen LogP contribution in [0, 0.1) is 0 Å². The summed E-state index contributed by atoms with van der Waals surface area (Å²) in [5.74, 6) is 0.0744. The van der Waals surface area contributed by atoms with Crippen LogP contribution in [0.2, 0.25) is 0 Å². The zero-order valence-corrected chi connectivity index (χ0v) is 14.6. The van der Waals surface area contributed by atoms with Gasteiger partial charge in [-0.15, -0.1) is 11.8 Å². The first-order valence-corrected chi connectivity index (χ1v) is 10.1. The van der Waals surface area contributed by atoms with Crippen LogP contribution in [0.5, 0.6) is 0 Å². The molecule has 0 aliphatic heterocycles. The number of carbonyl (C=O) groups is 1. The average molecular weight is 362 g/mol. The van der Waals surface area contributed by atoms with Crippen LogP contribution in [0.1, 0.15) is 17.5 Å². The molecular weight excluding hydrogens is 344 g/mol. The third-order valence-corrected chi connectivity index (χ3v) is 5.79. The van der Waals surface area contributed by atoms with Crippen LogP contribution in [0.25, 0.3) is 0 Å². The van der Waals surface area contributed by atoms with E-state index in [0.29, 0.717) is 5.69 Å². The summed E-state index contributed by atoms with van der Waals surface area (Å²) >= 11 is 1.47. The van der Waals surface area contributed by atoms with E-state index in [2.05, 4.69) is 17.4 Å². The van der Waals surface area contributed by atoms with Crippen molar-refractivity contribution in [1.82, 2.24) is 0 Å². The summed E-state index contributed by atoms with van der Waals surface area (Å²) in [6.07, 6.45) is 3.45. The Morgan fingerprint density at radius 1 is 1.12 bits per heavy atom. The van der Waals surface area contributed by atoms with Gasteiger partial charge in [0.25, 0.3) is 0 Å². The number of rotatable bonds is 5. The van der Waals surface area contributed by atoms with E-state index >= 15 is 0 Å². The predicted molar refractivity (Wildman–Crippen MR) is 95.6 cm³/mol. The largest absolute Gasteiger partial charge is 0.325 e. The van der Waals surface area contributed by atoms with Crippen molar-refractivity contribution in [2.24, 2.45) is 5.14 Å². The first-order chi connectivity index (χ1) is 11.4. The minimum Gasteiger partial charge on any atom is -0.325 e. The molecule has 7 heteroatoms. The van der Waals surface area contributed by atoms with Crippen LogP contribution in [0.3, 0.4) is 0 Å². The lowest BCUT2D eigenvalue weighted by atomic mass is 10.1. The molecule has 0 spiro atoms. The van der Waals surface area contributed by atoms with Gasteiger partial charge in [0, 0.05) is 10.6 Å². The number of anilines is 1. The van der Waals surface area contributed by atoms with Crippen LogP contribution < -0.4 is 10.5 Å². The van der Waals surface area contributed by atoms with Gasteiger partial charge in [-0.05, 0) is 60.7 Å². The zero-order valence-electron chi connectivity index (χ0n) is 13.0. The highest BCUT2D eigenvalue weighted by Gasteiger charge is 2.12. The van der Waals surface area contributed by atoms with Crippen molar-refractivity contribution in [1.29, 1.82) is 0 Å². The standard InChI is InChI=1S/C17H18N2O3S2/c18-24(21,22)16-6-2-5-14(10-16)19-17(20)11-23-15-8-7-12-3-1-4-13(12)9-15/h2,5-10H,1,3-4,11H2,(H,19,20)(H2,18,21,22). The molecular formula is C17H18N2O3S2. The van der Waals surface area contributed by atoms with E-state index in [1.54, 1.807) is 12.1 Å². The molecule has 3 rings (SSSR count). The fourth-order valence-electron chi connectivity index (χ4n) is 2.73. The van der Waals surface area contributed by atoms with Gasteiger partial charge in [0.1, 0.15) is 0 Å². The Balaban J connectivity index is 1.60. The molecule has 0 bridgehead atoms. The highest BCUT2D eigenvalue weighted by atomic mass is 32.2. The maximum atomic E-state index is 12.1. The number of nitrogens with one attached hydrogen (secondary N) is 1. The van der Waals surface area contributed by atoms with Crippen LogP contribution in [-0.2, 0) is 27.7 Å². The summed E-state index contributed by atoms with van der Waals surface area (Å²) in [6, 6.07) is 12.3. The molecule has 0 aromatic heterocycles. The van der Waals surface area contributed by atoms with Crippen molar-refractivity contribution in [2.75, 3.05) is 11.1 Å². The lowest BCUT2D eigenvalue weighted by molar-refractivity contribution is -0.113. The number of hydrogen-bond acceptors (Lipinski definition) is 4. The summed E-state index contributed by atoms with van der Waals surface area (Å²) < 4.78 is 22.7. The molecule has 24 heavy (non-hydrogen) atoms. The molecule has 0 heterocycles. The summed E-state index contributed by atoms with van der Waals surface area (Å²) in [7, 11) is -3.78. The molecule has 2 aromatic carbocycles. The summed E-state index contributed by atoms with van der Waals surface area (Å²) in [5.41, 5.74) is 3.20. The molecule has 1 aliphatic rings. The second kappa shape index (κ2) is 6.96. The van der Waals surface area contributed by atoms with Crippen LogP contribution in [0.15, 0.2) is 52.3 Å². The molecule has 126 valence electrons. The zero-order chi connectivity index (χ0) is 17.2. The number of thioether (sulfide) groups is 1. The van der Waals surface area contributed by atoms with Gasteiger partial charge in [-0.1, -0.05) is 12.1 Å². The van der Waals surface area contributed by atoms with Crippen molar-refractivity contribution in [3.63, 3.8) is 0 Å². The van der Waals surface area contributed by atoms with E-state index in [9.17, 15) is 13.2 Å². The number of amides is 1. The Labute approximate surface area is 145 Å². The molecule has 1 amide bonds. The minimum absolute atomic E-state index is 0.0217. The van der Waals surface area contributed by atoms with Crippen LogP contribution in [0.4, 0.5) is 5.69 Å². The fraction of sp³-hybridized carbons (Fsp3) is 0.235. The molecule has 0 radical (unpaired) electrons. The van der Waals surface area contributed by atoms with E-state index in [0.717, 1.165) is 17.7 Å². The van der Waals surface area contributed by atoms with Gasteiger partial charge in [0.15, 0.2) is 0 Å². The second-order valence-electron chi connectivity index (χ2n) is 5.69. The minimum atomic E-state index is -3.78. The maximum absolute atomic E-state index is 12.1. The van der Waals surface area contributed by atoms with Crippen molar-refractivity contribution >= 4 is 33.4 Å². The van der Waals surface area contributed by atoms with Gasteiger partial charge in [0.05, 0.1) is 10.6 Å². The normalized spacial score (nSPS) is 13.5. The van der Waals surface area contributed by atoms with E-state index < -0.39 is 10.0 Å². The van der Waals surface area contributed by atoms with Crippen molar-refractivity contribution in [2.45, 2.75) is 29.1 Å². The van der Waals surface area contributed by atoms with Gasteiger partial charge in [-0.2, -0.15) is 0 Å². The van der Waals surface area contributed by atoms with E-state index in [1.165, 1.54) is 41.4 Å². The Morgan fingerprint density at radius 3 is 2.71 bits per heavy atom. The number of primary sulfonamides is 1. The number of aryl methyl sites for hydroxylation is 2. The Kier molecular flexibility index (Phi) is 4.93. The smallest absolute Gasteiger partial charge is 0.238 e. The van der Waals surface area contributed by atoms with Gasteiger partial charge in [-0.3, -0.25) is 4.79 Å². The number of carbonyl (C=O) groups excluding carboxylic acids is 1. The van der Waals surface area contributed by atoms with Gasteiger partial charge >= 0.3 is 0 Å². The number of benzene rings is 2. The molecule has 0 fully saturated rings. The summed E-state index contributed by atoms with van der Waals surface area (Å²) in [4.78, 5) is 13.1. The predicted octanol–water partition coefficient (Wildman–Crippen LogP) is 2.55. The molecule has 3 N–H and O–H groups in total. The maximum Gasteiger partial charge on any atom is 0.238 e. The van der Waals surface area contributed by atoms with E-state index in [-0.39, 0.29) is 16.6 Å². The number of sulfonamides is 1. The molecule has 0 atom stereocenters. The van der Waals surface area contributed by atoms with Gasteiger partial charge in [-0.25, -0.2) is 13.6 Å². The van der Waals surface area contributed by atoms with Gasteiger partial charge in [0.2, 0.25) is 15.9 Å². The monoisotopic (exact) mass is 362 g/mol. The molecule has 0 unspecified atom stereocenters. The fourth-order valence-corrected chi connectivity index (χ4v) is 4.05. The molecule has 2 aromatic rings. The molecule has 0 saturated heterocycles. The molecule has 1 aliphatic carbocycles. The average Bonchev–Trinajstić information content (AvgIpc) is 3.00. The van der Waals surface area contributed by atoms with Crippen molar-refractivity contribution in [3.05, 3.63) is 53.6 Å². The number of nitrogens with two attached hydrogens (primary N) is 1. The number of fused-ring (bicyclic) bond motifs is 1. The van der Waals surface area contributed by atoms with Crippen LogP contribution >= 0.6 is 11.8 Å². The third-order valence-electron chi connectivity index (χ3n) is 3.89. The summed E-state index contributed by atoms with van der Waals surface area (Å²) in [5, 5.41) is 7.79. The topological polar surface area (TPSA) is 89.3 Å². The quantitative estimate of drug-likeness (QED) is 0.800. The SMILES string of the molecule is NS(=O)(=O)c1cccc(NC(=O)CSc2ccc3c(c2)CCC3)c1. The van der Waals surface area contributed by atoms with Crippen molar-refractivity contribution < 1.29 is 13.2 Å². The lowest BCUT2D eigenvalue weighted by Gasteiger charge is -2.07. The molecule has 5 nitrogen and oxygen atoms in total. The highest BCUT2D eigenvalue weighted by Crippen LogP contribution is 2.27. The first kappa shape index (κ1) is 17.0. The lowest BCUT2D eigenvalue weighted by Crippen LogP contribution is -2.16. The highest BCUT2D eigenvalue weighted by molar-refractivity contribution is 8.00. The Bertz CT molecular complexity index is 879. The second-order valence-corrected chi connectivity index (χ2v) is 8.30. The Morgan fingerprint density at radius 2 is 1.92 bits per heavy atom.